The molecular formula is C23H23FN4O4S. The number of hydrogen-bond donors (Lipinski definition) is 1. The van der Waals surface area contributed by atoms with E-state index in [1.54, 1.807) is 0 Å². The largest absolute Gasteiger partial charge is 0.465 e. The number of aromatic nitrogens is 2. The first-order valence-corrected chi connectivity index (χ1v) is 11.8. The lowest BCUT2D eigenvalue weighted by Crippen LogP contribution is -2.29. The first-order chi connectivity index (χ1) is 15.8. The van der Waals surface area contributed by atoms with Crippen molar-refractivity contribution in [3.63, 3.8) is 0 Å². The van der Waals surface area contributed by atoms with E-state index >= 15 is 0 Å². The molecule has 3 aromatic rings. The molecule has 0 saturated carbocycles. The van der Waals surface area contributed by atoms with Crippen LogP contribution in [0.25, 0.3) is 11.3 Å². The zero-order valence-corrected chi connectivity index (χ0v) is 18.8. The number of amides is 1. The molecule has 0 saturated heterocycles. The smallest absolute Gasteiger partial charge is 0.407 e. The van der Waals surface area contributed by atoms with Gasteiger partial charge < -0.3 is 10.0 Å². The first kappa shape index (κ1) is 23.9. The maximum absolute atomic E-state index is 14.7. The summed E-state index contributed by atoms with van der Waals surface area (Å²) in [6.07, 6.45) is 5.21. The van der Waals surface area contributed by atoms with Crippen LogP contribution in [0.2, 0.25) is 0 Å². The van der Waals surface area contributed by atoms with Crippen molar-refractivity contribution in [1.29, 1.82) is 5.26 Å². The lowest BCUT2D eigenvalue weighted by molar-refractivity contribution is 0.141. The van der Waals surface area contributed by atoms with Crippen LogP contribution in [-0.2, 0) is 16.6 Å². The second kappa shape index (κ2) is 10.3. The van der Waals surface area contributed by atoms with Gasteiger partial charge in [-0.2, -0.15) is 5.26 Å². The van der Waals surface area contributed by atoms with Crippen molar-refractivity contribution in [2.45, 2.75) is 37.6 Å². The Morgan fingerprint density at radius 1 is 1.27 bits per heavy atom. The molecule has 8 nitrogen and oxygen atoms in total. The second-order valence-electron chi connectivity index (χ2n) is 7.44. The highest BCUT2D eigenvalue weighted by atomic mass is 32.2. The highest BCUT2D eigenvalue weighted by molar-refractivity contribution is 7.90. The monoisotopic (exact) mass is 470 g/mol. The number of benzene rings is 1. The predicted molar refractivity (Wildman–Crippen MR) is 119 cm³/mol. The van der Waals surface area contributed by atoms with Crippen molar-refractivity contribution >= 4 is 16.1 Å². The zero-order chi connectivity index (χ0) is 24.0. The van der Waals surface area contributed by atoms with Crippen molar-refractivity contribution in [3.8, 4) is 17.3 Å². The highest BCUT2D eigenvalue weighted by Crippen LogP contribution is 2.30. The van der Waals surface area contributed by atoms with E-state index in [1.807, 2.05) is 13.0 Å². The third-order valence-corrected chi connectivity index (χ3v) is 6.74. The van der Waals surface area contributed by atoms with Gasteiger partial charge in [0.25, 0.3) is 10.0 Å². The van der Waals surface area contributed by atoms with E-state index in [1.165, 1.54) is 53.8 Å². The molecule has 172 valence electrons. The molecule has 0 bridgehead atoms. The second-order valence-corrected chi connectivity index (χ2v) is 9.26. The van der Waals surface area contributed by atoms with Gasteiger partial charge in [0.15, 0.2) is 0 Å². The number of nitrogens with zero attached hydrogens (tertiary/aromatic N) is 4. The standard InChI is InChI=1S/C23H23FN4O4S/c1-2-3-4-10-27(23(29)30)15-18-12-22(20-11-17(13-25)7-8-21(20)24)28(16-18)33(31,32)19-6-5-9-26-14-19/h5-9,11-12,14,16H,2-4,10,15H2,1H3,(H,29,30). The molecule has 0 aliphatic carbocycles. The van der Waals surface area contributed by atoms with Crippen LogP contribution in [0.1, 0.15) is 37.3 Å². The van der Waals surface area contributed by atoms with Gasteiger partial charge in [-0.15, -0.1) is 0 Å². The third-order valence-electron chi connectivity index (χ3n) is 5.08. The summed E-state index contributed by atoms with van der Waals surface area (Å²) in [4.78, 5) is 16.6. The summed E-state index contributed by atoms with van der Waals surface area (Å²) in [5.74, 6) is -0.709. The Morgan fingerprint density at radius 3 is 2.70 bits per heavy atom. The molecular weight excluding hydrogens is 447 g/mol. The lowest BCUT2D eigenvalue weighted by atomic mass is 10.1. The van der Waals surface area contributed by atoms with Gasteiger partial charge in [0.1, 0.15) is 10.7 Å². The number of nitriles is 1. The van der Waals surface area contributed by atoms with Crippen LogP contribution >= 0.6 is 0 Å². The maximum Gasteiger partial charge on any atom is 0.407 e. The van der Waals surface area contributed by atoms with Crippen LogP contribution < -0.4 is 0 Å². The first-order valence-electron chi connectivity index (χ1n) is 10.3. The van der Waals surface area contributed by atoms with Crippen molar-refractivity contribution < 1.29 is 22.7 Å². The lowest BCUT2D eigenvalue weighted by Gasteiger charge is -2.18. The Kier molecular flexibility index (Phi) is 7.45. The summed E-state index contributed by atoms with van der Waals surface area (Å²) < 4.78 is 42.3. The summed E-state index contributed by atoms with van der Waals surface area (Å²) >= 11 is 0. The van der Waals surface area contributed by atoms with Crippen LogP contribution in [0, 0.1) is 17.1 Å². The Labute approximate surface area is 191 Å². The summed E-state index contributed by atoms with van der Waals surface area (Å²) in [5, 5.41) is 18.8. The zero-order valence-electron chi connectivity index (χ0n) is 18.0. The van der Waals surface area contributed by atoms with E-state index in [2.05, 4.69) is 4.98 Å². The third kappa shape index (κ3) is 5.38. The molecule has 2 aromatic heterocycles. The fourth-order valence-corrected chi connectivity index (χ4v) is 4.75. The van der Waals surface area contributed by atoms with E-state index in [9.17, 15) is 28.0 Å². The fraction of sp³-hybridized carbons (Fsp3) is 0.261. The minimum absolute atomic E-state index is 0.0117. The number of halogens is 1. The average Bonchev–Trinajstić information content (AvgIpc) is 3.24. The Bertz CT molecular complexity index is 1280. The minimum atomic E-state index is -4.17. The molecule has 3 rings (SSSR count). The van der Waals surface area contributed by atoms with Gasteiger partial charge in [-0.3, -0.25) is 4.98 Å². The van der Waals surface area contributed by atoms with Crippen molar-refractivity contribution in [1.82, 2.24) is 13.9 Å². The molecule has 1 amide bonds. The Hall–Kier alpha value is -3.71. The van der Waals surface area contributed by atoms with Gasteiger partial charge in [-0.25, -0.2) is 21.6 Å². The Balaban J connectivity index is 2.13. The average molecular weight is 471 g/mol. The SMILES string of the molecule is CCCCCN(Cc1cc(-c2cc(C#N)ccc2F)n(S(=O)(=O)c2cccnc2)c1)C(=O)O. The maximum atomic E-state index is 14.7. The van der Waals surface area contributed by atoms with Crippen molar-refractivity contribution in [2.24, 2.45) is 0 Å². The highest BCUT2D eigenvalue weighted by Gasteiger charge is 2.25. The van der Waals surface area contributed by atoms with E-state index in [0.29, 0.717) is 12.0 Å². The fourth-order valence-electron chi connectivity index (χ4n) is 3.40. The van der Waals surface area contributed by atoms with Gasteiger partial charge in [0.2, 0.25) is 0 Å². The Morgan fingerprint density at radius 2 is 2.06 bits per heavy atom. The molecule has 2 heterocycles. The number of pyridine rings is 1. The molecule has 1 aromatic carbocycles. The quantitative estimate of drug-likeness (QED) is 0.461. The van der Waals surface area contributed by atoms with E-state index in [0.717, 1.165) is 22.9 Å². The van der Waals surface area contributed by atoms with Crippen LogP contribution in [0.4, 0.5) is 9.18 Å². The number of unbranched alkanes of at least 4 members (excludes halogenated alkanes) is 2. The molecule has 0 aliphatic heterocycles. The minimum Gasteiger partial charge on any atom is -0.465 e. The number of carboxylic acid groups (broad SMARTS) is 1. The number of carbonyl (C=O) groups is 1. The normalized spacial score (nSPS) is 11.2. The van der Waals surface area contributed by atoms with Crippen molar-refractivity contribution in [3.05, 3.63) is 71.9 Å². The van der Waals surface area contributed by atoms with Crippen molar-refractivity contribution in [2.75, 3.05) is 6.54 Å². The van der Waals surface area contributed by atoms with Crippen LogP contribution in [0.5, 0.6) is 0 Å². The van der Waals surface area contributed by atoms with Gasteiger partial charge in [0.05, 0.1) is 23.9 Å². The van der Waals surface area contributed by atoms with Gasteiger partial charge in [0, 0.05) is 30.7 Å². The molecule has 0 radical (unpaired) electrons. The summed E-state index contributed by atoms with van der Waals surface area (Å²) in [7, 11) is -4.17. The summed E-state index contributed by atoms with van der Waals surface area (Å²) in [6.45, 7) is 2.23. The van der Waals surface area contributed by atoms with Crippen LogP contribution in [0.3, 0.4) is 0 Å². The molecule has 0 atom stereocenters. The van der Waals surface area contributed by atoms with Gasteiger partial charge in [-0.1, -0.05) is 19.8 Å². The van der Waals surface area contributed by atoms with Gasteiger partial charge >= 0.3 is 6.09 Å². The van der Waals surface area contributed by atoms with Crippen LogP contribution in [0.15, 0.2) is 59.9 Å². The topological polar surface area (TPSA) is 116 Å². The van der Waals surface area contributed by atoms with Crippen LogP contribution in [-0.4, -0.2) is 40.0 Å². The van der Waals surface area contributed by atoms with E-state index < -0.39 is 21.9 Å². The molecule has 0 spiro atoms. The van der Waals surface area contributed by atoms with E-state index in [-0.39, 0.29) is 34.8 Å². The molecule has 1 N–H and O–H groups in total. The summed E-state index contributed by atoms with van der Waals surface area (Å²) in [6, 6.07) is 9.83. The van der Waals surface area contributed by atoms with E-state index in [4.69, 9.17) is 0 Å². The summed E-state index contributed by atoms with van der Waals surface area (Å²) in [5.41, 5.74) is 0.437. The molecule has 0 fully saturated rings. The molecule has 10 heteroatoms. The molecule has 0 aliphatic rings. The number of hydrogen-bond acceptors (Lipinski definition) is 5. The predicted octanol–water partition coefficient (Wildman–Crippen LogP) is 4.47. The molecule has 0 unspecified atom stereocenters. The molecule has 33 heavy (non-hydrogen) atoms. The number of rotatable bonds is 9. The van der Waals surface area contributed by atoms with Gasteiger partial charge in [-0.05, 0) is 48.4 Å².